The fourth-order valence-corrected chi connectivity index (χ4v) is 4.96. The van der Waals surface area contributed by atoms with E-state index in [1.54, 1.807) is 11.3 Å². The van der Waals surface area contributed by atoms with Gasteiger partial charge in [-0.15, -0.1) is 11.3 Å². The Kier molecular flexibility index (Phi) is 5.96. The number of para-hydroxylation sites is 1. The number of carbonyl (C=O) groups excluding carboxylic acids is 1. The minimum atomic E-state index is -0.146. The van der Waals surface area contributed by atoms with Crippen LogP contribution in [0.2, 0.25) is 0 Å². The van der Waals surface area contributed by atoms with E-state index in [2.05, 4.69) is 54.9 Å². The largest absolute Gasteiger partial charge is 0.482 e. The first kappa shape index (κ1) is 21.4. The van der Waals surface area contributed by atoms with Crippen molar-refractivity contribution in [2.45, 2.75) is 33.1 Å². The maximum Gasteiger partial charge on any atom is 0.262 e. The molecule has 1 N–H and O–H groups in total. The number of aryl methyl sites for hydroxylation is 2. The molecule has 1 unspecified atom stereocenters. The highest BCUT2D eigenvalue weighted by molar-refractivity contribution is 7.07. The van der Waals surface area contributed by atoms with Crippen LogP contribution in [0.25, 0.3) is 11.3 Å². The Bertz CT molecular complexity index is 1310. The van der Waals surface area contributed by atoms with Gasteiger partial charge in [0.1, 0.15) is 5.75 Å². The standard InChI is InChI=1S/C26H26N4O2S/c1-17-7-6-8-18(2)25(17)29-26-30(27-14-19-9-4-3-5-10-19)22(16-33-26)20-11-12-23-21(13-20)28-24(31)15-32-23/h3-4,6-8,11-14,16,19H,5,9-10,15H2,1-2H3,(H,28,31). The number of rotatable bonds is 4. The predicted octanol–water partition coefficient (Wildman–Crippen LogP) is 5.59. The first-order valence-corrected chi connectivity index (χ1v) is 12.0. The van der Waals surface area contributed by atoms with Crippen LogP contribution in [0.15, 0.2) is 64.0 Å². The number of hydrogen-bond donors (Lipinski definition) is 1. The van der Waals surface area contributed by atoms with E-state index >= 15 is 0 Å². The lowest BCUT2D eigenvalue weighted by Crippen LogP contribution is -2.25. The maximum atomic E-state index is 11.8. The number of fused-ring (bicyclic) bond motifs is 1. The number of carbonyl (C=O) groups is 1. The highest BCUT2D eigenvalue weighted by atomic mass is 32.1. The molecule has 0 fully saturated rings. The fourth-order valence-electron chi connectivity index (χ4n) is 4.12. The quantitative estimate of drug-likeness (QED) is 0.409. The normalized spacial score (nSPS) is 18.3. The van der Waals surface area contributed by atoms with Crippen LogP contribution in [-0.4, -0.2) is 23.4 Å². The van der Waals surface area contributed by atoms with Gasteiger partial charge in [0.2, 0.25) is 4.80 Å². The Labute approximate surface area is 197 Å². The van der Waals surface area contributed by atoms with E-state index in [1.807, 2.05) is 29.1 Å². The van der Waals surface area contributed by atoms with Gasteiger partial charge < -0.3 is 10.1 Å². The third-order valence-corrected chi connectivity index (χ3v) is 6.76. The number of nitrogens with one attached hydrogen (secondary N) is 1. The van der Waals surface area contributed by atoms with Gasteiger partial charge in [0.05, 0.1) is 17.1 Å². The smallest absolute Gasteiger partial charge is 0.262 e. The molecule has 7 heteroatoms. The molecule has 0 saturated carbocycles. The summed E-state index contributed by atoms with van der Waals surface area (Å²) in [6, 6.07) is 12.0. The molecule has 6 nitrogen and oxygen atoms in total. The summed E-state index contributed by atoms with van der Waals surface area (Å²) in [6.07, 6.45) is 9.71. The Morgan fingerprint density at radius 1 is 1.18 bits per heavy atom. The summed E-state index contributed by atoms with van der Waals surface area (Å²) in [5.41, 5.74) is 5.78. The summed E-state index contributed by atoms with van der Waals surface area (Å²) in [7, 11) is 0. The molecule has 1 aliphatic carbocycles. The summed E-state index contributed by atoms with van der Waals surface area (Å²) < 4.78 is 7.44. The molecule has 168 valence electrons. The summed E-state index contributed by atoms with van der Waals surface area (Å²) in [6.45, 7) is 4.20. The van der Waals surface area contributed by atoms with Gasteiger partial charge >= 0.3 is 0 Å². The van der Waals surface area contributed by atoms with Crippen LogP contribution in [0.5, 0.6) is 5.75 Å². The molecular weight excluding hydrogens is 432 g/mol. The fraction of sp³-hybridized carbons (Fsp3) is 0.269. The van der Waals surface area contributed by atoms with Crippen LogP contribution in [0, 0.1) is 19.8 Å². The van der Waals surface area contributed by atoms with Gasteiger partial charge in [-0.1, -0.05) is 30.4 Å². The molecule has 0 saturated heterocycles. The molecule has 1 amide bonds. The van der Waals surface area contributed by atoms with E-state index in [4.69, 9.17) is 14.8 Å². The first-order valence-electron chi connectivity index (χ1n) is 11.2. The molecule has 2 aliphatic rings. The molecule has 0 radical (unpaired) electrons. The molecule has 5 rings (SSSR count). The molecule has 1 atom stereocenters. The van der Waals surface area contributed by atoms with Crippen molar-refractivity contribution < 1.29 is 9.53 Å². The number of thiazole rings is 1. The molecule has 0 spiro atoms. The van der Waals surface area contributed by atoms with E-state index in [1.165, 1.54) is 0 Å². The van der Waals surface area contributed by atoms with Crippen molar-refractivity contribution in [3.8, 4) is 17.0 Å². The van der Waals surface area contributed by atoms with Crippen molar-refractivity contribution >= 4 is 34.8 Å². The van der Waals surface area contributed by atoms with Crippen molar-refractivity contribution in [1.82, 2.24) is 4.68 Å². The summed E-state index contributed by atoms with van der Waals surface area (Å²) >= 11 is 1.56. The zero-order valence-corrected chi connectivity index (χ0v) is 19.6. The van der Waals surface area contributed by atoms with Crippen molar-refractivity contribution in [3.63, 3.8) is 0 Å². The molecule has 1 aliphatic heterocycles. The number of aromatic nitrogens is 1. The second kappa shape index (κ2) is 9.19. The monoisotopic (exact) mass is 458 g/mol. The molecule has 3 aromatic rings. The van der Waals surface area contributed by atoms with E-state index in [0.29, 0.717) is 17.4 Å². The van der Waals surface area contributed by atoms with E-state index in [-0.39, 0.29) is 12.5 Å². The van der Waals surface area contributed by atoms with Crippen LogP contribution >= 0.6 is 11.3 Å². The number of benzene rings is 2. The van der Waals surface area contributed by atoms with Crippen LogP contribution in [0.1, 0.15) is 30.4 Å². The van der Waals surface area contributed by atoms with Gasteiger partial charge in [-0.3, -0.25) is 4.79 Å². The highest BCUT2D eigenvalue weighted by Gasteiger charge is 2.18. The van der Waals surface area contributed by atoms with Crippen LogP contribution in [-0.2, 0) is 4.79 Å². The molecule has 1 aromatic heterocycles. The molecule has 0 bridgehead atoms. The first-order chi connectivity index (χ1) is 16.1. The minimum absolute atomic E-state index is 0.0454. The van der Waals surface area contributed by atoms with Crippen LogP contribution in [0.4, 0.5) is 11.4 Å². The number of allylic oxidation sites excluding steroid dienone is 2. The Morgan fingerprint density at radius 2 is 2.03 bits per heavy atom. The zero-order chi connectivity index (χ0) is 22.8. The lowest BCUT2D eigenvalue weighted by atomic mass is 9.96. The molecule has 33 heavy (non-hydrogen) atoms. The van der Waals surface area contributed by atoms with E-state index in [9.17, 15) is 4.79 Å². The number of hydrogen-bond acceptors (Lipinski definition) is 5. The summed E-state index contributed by atoms with van der Waals surface area (Å²) in [4.78, 5) is 17.6. The number of amides is 1. The second-order valence-corrected chi connectivity index (χ2v) is 9.26. The number of nitrogens with zero attached hydrogens (tertiary/aromatic N) is 3. The summed E-state index contributed by atoms with van der Waals surface area (Å²) in [5, 5.41) is 9.87. The van der Waals surface area contributed by atoms with Gasteiger partial charge in [-0.05, 0) is 68.4 Å². The van der Waals surface area contributed by atoms with Crippen molar-refractivity contribution in [2.24, 2.45) is 16.0 Å². The van der Waals surface area contributed by atoms with Gasteiger partial charge in [0.25, 0.3) is 5.91 Å². The van der Waals surface area contributed by atoms with Crippen molar-refractivity contribution in [1.29, 1.82) is 0 Å². The molecule has 2 heterocycles. The van der Waals surface area contributed by atoms with Gasteiger partial charge in [-0.2, -0.15) is 5.10 Å². The Balaban J connectivity index is 1.62. The Morgan fingerprint density at radius 3 is 2.82 bits per heavy atom. The average Bonchev–Trinajstić information content (AvgIpc) is 3.22. The van der Waals surface area contributed by atoms with Crippen molar-refractivity contribution in [2.75, 3.05) is 11.9 Å². The Hall–Kier alpha value is -3.45. The van der Waals surface area contributed by atoms with Crippen LogP contribution in [0.3, 0.4) is 0 Å². The van der Waals surface area contributed by atoms with Crippen LogP contribution < -0.4 is 14.9 Å². The lowest BCUT2D eigenvalue weighted by Gasteiger charge is -2.18. The van der Waals surface area contributed by atoms with E-state index < -0.39 is 0 Å². The third-order valence-electron chi connectivity index (χ3n) is 5.94. The van der Waals surface area contributed by atoms with Crippen molar-refractivity contribution in [3.05, 3.63) is 69.9 Å². The highest BCUT2D eigenvalue weighted by Crippen LogP contribution is 2.33. The minimum Gasteiger partial charge on any atom is -0.482 e. The van der Waals surface area contributed by atoms with Gasteiger partial charge in [0.15, 0.2) is 6.61 Å². The lowest BCUT2D eigenvalue weighted by molar-refractivity contribution is -0.118. The predicted molar refractivity (Wildman–Crippen MR) is 133 cm³/mol. The zero-order valence-electron chi connectivity index (χ0n) is 18.7. The number of ether oxygens (including phenoxy) is 1. The molecular formula is C26H26N4O2S. The maximum absolute atomic E-state index is 11.8. The van der Waals surface area contributed by atoms with Gasteiger partial charge in [-0.25, -0.2) is 9.67 Å². The summed E-state index contributed by atoms with van der Waals surface area (Å²) in [5.74, 6) is 0.949. The number of anilines is 1. The van der Waals surface area contributed by atoms with E-state index in [0.717, 1.165) is 52.1 Å². The SMILES string of the molecule is Cc1cccc(C)c1N=c1scc(-c2ccc3c(c2)NC(=O)CO3)n1N=CC1CC=CCC1. The average molecular weight is 459 g/mol. The molecule has 2 aromatic carbocycles. The third kappa shape index (κ3) is 4.54. The van der Waals surface area contributed by atoms with Gasteiger partial charge in [0, 0.05) is 17.2 Å². The second-order valence-electron chi connectivity index (χ2n) is 8.42. The topological polar surface area (TPSA) is 68.0 Å².